The van der Waals surface area contributed by atoms with Crippen LogP contribution in [0.15, 0.2) is 48.5 Å². The third kappa shape index (κ3) is 5.77. The maximum absolute atomic E-state index is 13.3. The highest BCUT2D eigenvalue weighted by Gasteiger charge is 2.25. The van der Waals surface area contributed by atoms with Gasteiger partial charge in [0.1, 0.15) is 11.6 Å². The van der Waals surface area contributed by atoms with E-state index in [2.05, 4.69) is 15.5 Å². The number of morpholine rings is 1. The first-order chi connectivity index (χ1) is 14.6. The summed E-state index contributed by atoms with van der Waals surface area (Å²) in [6, 6.07) is 12.9. The first kappa shape index (κ1) is 21.7. The number of para-hydroxylation sites is 2. The number of halogens is 1. The van der Waals surface area contributed by atoms with E-state index in [9.17, 15) is 14.0 Å². The van der Waals surface area contributed by atoms with Gasteiger partial charge in [-0.15, -0.1) is 0 Å². The molecule has 2 aromatic rings. The van der Waals surface area contributed by atoms with Gasteiger partial charge in [-0.1, -0.05) is 24.3 Å². The van der Waals surface area contributed by atoms with Crippen LogP contribution in [-0.4, -0.2) is 56.2 Å². The number of nitrogens with zero attached hydrogens (tertiary/aromatic N) is 1. The third-order valence-electron chi connectivity index (χ3n) is 4.84. The van der Waals surface area contributed by atoms with Crippen molar-refractivity contribution in [3.63, 3.8) is 0 Å². The zero-order valence-electron chi connectivity index (χ0n) is 16.9. The number of carbonyl (C=O) groups is 2. The SMILES string of the molecule is CCOc1ccccc1NC(=O)C(=O)NC[C@H](c1ccc(F)cc1)N1CCOCC1. The highest BCUT2D eigenvalue weighted by molar-refractivity contribution is 6.39. The summed E-state index contributed by atoms with van der Waals surface area (Å²) in [6.07, 6.45) is 0. The average Bonchev–Trinajstić information content (AvgIpc) is 2.77. The Morgan fingerprint density at radius 3 is 2.50 bits per heavy atom. The van der Waals surface area contributed by atoms with Gasteiger partial charge < -0.3 is 20.1 Å². The van der Waals surface area contributed by atoms with Gasteiger partial charge in [-0.25, -0.2) is 4.39 Å². The fraction of sp³-hybridized carbons (Fsp3) is 0.364. The molecule has 1 saturated heterocycles. The molecule has 2 amide bonds. The molecule has 0 radical (unpaired) electrons. The van der Waals surface area contributed by atoms with Crippen LogP contribution >= 0.6 is 0 Å². The molecular weight excluding hydrogens is 389 g/mol. The molecule has 0 bridgehead atoms. The first-order valence-corrected chi connectivity index (χ1v) is 9.96. The minimum atomic E-state index is -0.776. The highest BCUT2D eigenvalue weighted by atomic mass is 19.1. The van der Waals surface area contributed by atoms with Crippen molar-refractivity contribution < 1.29 is 23.5 Å². The van der Waals surface area contributed by atoms with E-state index in [0.29, 0.717) is 44.3 Å². The van der Waals surface area contributed by atoms with Crippen LogP contribution in [-0.2, 0) is 14.3 Å². The lowest BCUT2D eigenvalue weighted by Crippen LogP contribution is -2.45. The first-order valence-electron chi connectivity index (χ1n) is 9.96. The van der Waals surface area contributed by atoms with Gasteiger partial charge in [0.05, 0.1) is 31.5 Å². The molecule has 30 heavy (non-hydrogen) atoms. The molecule has 0 aliphatic carbocycles. The van der Waals surface area contributed by atoms with Crippen LogP contribution < -0.4 is 15.4 Å². The van der Waals surface area contributed by atoms with E-state index < -0.39 is 11.8 Å². The molecule has 0 aromatic heterocycles. The van der Waals surface area contributed by atoms with Gasteiger partial charge in [-0.2, -0.15) is 0 Å². The molecule has 160 valence electrons. The Labute approximate surface area is 175 Å². The predicted octanol–water partition coefficient (Wildman–Crippen LogP) is 2.35. The number of hydrogen-bond donors (Lipinski definition) is 2. The molecule has 0 spiro atoms. The van der Waals surface area contributed by atoms with E-state index in [4.69, 9.17) is 9.47 Å². The van der Waals surface area contributed by atoms with Crippen LogP contribution in [0.5, 0.6) is 5.75 Å². The molecule has 0 saturated carbocycles. The number of anilines is 1. The fourth-order valence-electron chi connectivity index (χ4n) is 3.33. The molecule has 1 atom stereocenters. The summed E-state index contributed by atoms with van der Waals surface area (Å²) in [5, 5.41) is 5.28. The van der Waals surface area contributed by atoms with Crippen LogP contribution in [0.25, 0.3) is 0 Å². The van der Waals surface area contributed by atoms with Gasteiger partial charge in [0.2, 0.25) is 0 Å². The summed E-state index contributed by atoms with van der Waals surface area (Å²) in [4.78, 5) is 27.0. The van der Waals surface area contributed by atoms with Crippen molar-refractivity contribution in [1.82, 2.24) is 10.2 Å². The van der Waals surface area contributed by atoms with Crippen molar-refractivity contribution in [2.24, 2.45) is 0 Å². The van der Waals surface area contributed by atoms with Crippen molar-refractivity contribution in [3.05, 3.63) is 59.9 Å². The summed E-state index contributed by atoms with van der Waals surface area (Å²) < 4.78 is 24.2. The monoisotopic (exact) mass is 415 g/mol. The summed E-state index contributed by atoms with van der Waals surface area (Å²) in [5.74, 6) is -1.35. The molecular formula is C22H26FN3O4. The number of hydrogen-bond acceptors (Lipinski definition) is 5. The lowest BCUT2D eigenvalue weighted by molar-refractivity contribution is -0.136. The molecule has 1 fully saturated rings. The van der Waals surface area contributed by atoms with Gasteiger partial charge in [-0.05, 0) is 36.8 Å². The minimum absolute atomic E-state index is 0.193. The molecule has 7 nitrogen and oxygen atoms in total. The lowest BCUT2D eigenvalue weighted by atomic mass is 10.0. The highest BCUT2D eigenvalue weighted by Crippen LogP contribution is 2.24. The number of rotatable bonds is 7. The Hall–Kier alpha value is -2.97. The Morgan fingerprint density at radius 2 is 1.80 bits per heavy atom. The third-order valence-corrected chi connectivity index (χ3v) is 4.84. The van der Waals surface area contributed by atoms with Gasteiger partial charge in [-0.3, -0.25) is 14.5 Å². The largest absolute Gasteiger partial charge is 0.492 e. The van der Waals surface area contributed by atoms with Crippen LogP contribution in [0.4, 0.5) is 10.1 Å². The van der Waals surface area contributed by atoms with Crippen LogP contribution in [0.1, 0.15) is 18.5 Å². The normalized spacial score (nSPS) is 15.3. The zero-order valence-corrected chi connectivity index (χ0v) is 16.9. The predicted molar refractivity (Wildman–Crippen MR) is 111 cm³/mol. The quantitative estimate of drug-likeness (QED) is 0.679. The van der Waals surface area contributed by atoms with Gasteiger partial charge in [0.15, 0.2) is 0 Å². The Bertz CT molecular complexity index is 854. The molecule has 0 unspecified atom stereocenters. The van der Waals surface area contributed by atoms with Crippen molar-refractivity contribution in [1.29, 1.82) is 0 Å². The van der Waals surface area contributed by atoms with Gasteiger partial charge in [0, 0.05) is 19.6 Å². The number of carbonyl (C=O) groups excluding carboxylic acids is 2. The topological polar surface area (TPSA) is 79.9 Å². The maximum atomic E-state index is 13.3. The number of benzene rings is 2. The van der Waals surface area contributed by atoms with Crippen LogP contribution in [0.3, 0.4) is 0 Å². The standard InChI is InChI=1S/C22H26FN3O4/c1-2-30-20-6-4-3-5-18(20)25-22(28)21(27)24-15-19(26-11-13-29-14-12-26)16-7-9-17(23)10-8-16/h3-10,19H,2,11-15H2,1H3,(H,24,27)(H,25,28)/t19-/m1/s1. The Balaban J connectivity index is 1.65. The van der Waals surface area contributed by atoms with E-state index in [1.165, 1.54) is 12.1 Å². The molecule has 2 N–H and O–H groups in total. The van der Waals surface area contributed by atoms with E-state index in [1.54, 1.807) is 36.4 Å². The van der Waals surface area contributed by atoms with E-state index in [-0.39, 0.29) is 18.4 Å². The second-order valence-corrected chi connectivity index (χ2v) is 6.81. The molecule has 3 rings (SSSR count). The maximum Gasteiger partial charge on any atom is 0.313 e. The van der Waals surface area contributed by atoms with E-state index in [1.807, 2.05) is 6.92 Å². The minimum Gasteiger partial charge on any atom is -0.492 e. The van der Waals surface area contributed by atoms with Crippen molar-refractivity contribution in [2.75, 3.05) is 44.8 Å². The molecule has 1 aliphatic rings. The number of nitrogens with one attached hydrogen (secondary N) is 2. The second-order valence-electron chi connectivity index (χ2n) is 6.81. The summed E-state index contributed by atoms with van der Waals surface area (Å²) in [6.45, 7) is 5.04. The summed E-state index contributed by atoms with van der Waals surface area (Å²) >= 11 is 0. The summed E-state index contributed by atoms with van der Waals surface area (Å²) in [7, 11) is 0. The molecule has 1 heterocycles. The second kappa shape index (κ2) is 10.7. The Kier molecular flexibility index (Phi) is 7.75. The van der Waals surface area contributed by atoms with Crippen molar-refractivity contribution in [3.8, 4) is 5.75 Å². The van der Waals surface area contributed by atoms with Gasteiger partial charge in [0.25, 0.3) is 0 Å². The van der Waals surface area contributed by atoms with E-state index >= 15 is 0 Å². The smallest absolute Gasteiger partial charge is 0.313 e. The Morgan fingerprint density at radius 1 is 1.10 bits per heavy atom. The molecule has 2 aromatic carbocycles. The van der Waals surface area contributed by atoms with Crippen LogP contribution in [0.2, 0.25) is 0 Å². The number of amides is 2. The zero-order chi connectivity index (χ0) is 21.3. The summed E-state index contributed by atoms with van der Waals surface area (Å²) in [5.41, 5.74) is 1.29. The molecule has 8 heteroatoms. The van der Waals surface area contributed by atoms with Crippen molar-refractivity contribution in [2.45, 2.75) is 13.0 Å². The fourth-order valence-corrected chi connectivity index (χ4v) is 3.33. The lowest BCUT2D eigenvalue weighted by Gasteiger charge is -2.34. The average molecular weight is 415 g/mol. The molecule has 1 aliphatic heterocycles. The van der Waals surface area contributed by atoms with Crippen molar-refractivity contribution >= 4 is 17.5 Å². The number of ether oxygens (including phenoxy) is 2. The van der Waals surface area contributed by atoms with Crippen LogP contribution in [0, 0.1) is 5.82 Å². The van der Waals surface area contributed by atoms with E-state index in [0.717, 1.165) is 5.56 Å². The van der Waals surface area contributed by atoms with Gasteiger partial charge >= 0.3 is 11.8 Å².